The van der Waals surface area contributed by atoms with Gasteiger partial charge in [-0.15, -0.1) is 0 Å². The molecule has 7 nitrogen and oxygen atoms in total. The number of hydrogen-bond donors (Lipinski definition) is 1. The summed E-state index contributed by atoms with van der Waals surface area (Å²) in [5, 5.41) is 3.27. The van der Waals surface area contributed by atoms with Crippen molar-refractivity contribution in [1.82, 2.24) is 14.5 Å². The zero-order valence-corrected chi connectivity index (χ0v) is 17.8. The first kappa shape index (κ1) is 20.1. The zero-order chi connectivity index (χ0) is 21.3. The Morgan fingerprint density at radius 2 is 2.10 bits per heavy atom. The van der Waals surface area contributed by atoms with Gasteiger partial charge in [0.2, 0.25) is 5.95 Å². The van der Waals surface area contributed by atoms with Gasteiger partial charge in [-0.25, -0.2) is 9.97 Å². The predicted molar refractivity (Wildman–Crippen MR) is 115 cm³/mol. The van der Waals surface area contributed by atoms with Crippen LogP contribution in [0, 0.1) is 13.8 Å². The fraction of sp³-hybridized carbons (Fsp3) is 0.348. The van der Waals surface area contributed by atoms with Crippen LogP contribution in [0.25, 0.3) is 11.3 Å². The fourth-order valence-electron chi connectivity index (χ4n) is 4.08. The maximum absolute atomic E-state index is 12.3. The van der Waals surface area contributed by atoms with E-state index in [1.807, 2.05) is 38.1 Å². The quantitative estimate of drug-likeness (QED) is 0.593. The molecule has 7 heteroatoms. The Labute approximate surface area is 176 Å². The van der Waals surface area contributed by atoms with E-state index in [0.29, 0.717) is 12.6 Å². The van der Waals surface area contributed by atoms with Crippen molar-refractivity contribution in [3.63, 3.8) is 0 Å². The second-order valence-electron chi connectivity index (χ2n) is 7.47. The lowest BCUT2D eigenvalue weighted by atomic mass is 10.1. The lowest BCUT2D eigenvalue weighted by Gasteiger charge is -2.18. The van der Waals surface area contributed by atoms with Gasteiger partial charge in [0, 0.05) is 42.2 Å². The van der Waals surface area contributed by atoms with E-state index in [9.17, 15) is 4.79 Å². The van der Waals surface area contributed by atoms with Crippen molar-refractivity contribution < 1.29 is 14.3 Å². The van der Waals surface area contributed by atoms with Gasteiger partial charge in [-0.1, -0.05) is 6.92 Å². The van der Waals surface area contributed by atoms with E-state index in [1.165, 1.54) is 0 Å². The first-order chi connectivity index (χ1) is 14.5. The molecule has 1 aliphatic rings. The fourth-order valence-corrected chi connectivity index (χ4v) is 4.08. The highest BCUT2D eigenvalue weighted by atomic mass is 16.7. The normalized spacial score (nSPS) is 12.9. The molecule has 0 fully saturated rings. The molecule has 1 N–H and O–H groups in total. The van der Waals surface area contributed by atoms with E-state index in [1.54, 1.807) is 13.1 Å². The number of anilines is 2. The number of carbonyl (C=O) groups excluding carboxylic acids is 1. The second kappa shape index (κ2) is 8.28. The van der Waals surface area contributed by atoms with Gasteiger partial charge >= 0.3 is 0 Å². The van der Waals surface area contributed by atoms with E-state index in [4.69, 9.17) is 14.5 Å². The summed E-state index contributed by atoms with van der Waals surface area (Å²) in [6, 6.07) is 7.71. The Balaban J connectivity index is 1.69. The van der Waals surface area contributed by atoms with E-state index in [2.05, 4.69) is 21.8 Å². The minimum absolute atomic E-state index is 0.0706. The van der Waals surface area contributed by atoms with Crippen LogP contribution in [0.5, 0.6) is 5.75 Å². The minimum atomic E-state index is 0.0706. The van der Waals surface area contributed by atoms with Crippen LogP contribution in [0.3, 0.4) is 0 Å². The Bertz CT molecular complexity index is 1100. The van der Waals surface area contributed by atoms with Gasteiger partial charge in [-0.3, -0.25) is 4.79 Å². The molecule has 0 unspecified atom stereocenters. The molecule has 0 aliphatic carbocycles. The maximum atomic E-state index is 12.3. The number of hydrogen-bond acceptors (Lipinski definition) is 6. The summed E-state index contributed by atoms with van der Waals surface area (Å²) in [5.41, 5.74) is 6.40. The van der Waals surface area contributed by atoms with Crippen molar-refractivity contribution in [2.75, 3.05) is 12.1 Å². The third-order valence-electron chi connectivity index (χ3n) is 5.33. The van der Waals surface area contributed by atoms with Crippen LogP contribution in [-0.4, -0.2) is 27.1 Å². The van der Waals surface area contributed by atoms with Crippen molar-refractivity contribution >= 4 is 17.4 Å². The predicted octanol–water partition coefficient (Wildman–Crippen LogP) is 4.78. The summed E-state index contributed by atoms with van der Waals surface area (Å²) >= 11 is 0. The highest BCUT2D eigenvalue weighted by Crippen LogP contribution is 2.32. The summed E-state index contributed by atoms with van der Waals surface area (Å²) in [6.45, 7) is 9.37. The first-order valence-electron chi connectivity index (χ1n) is 10.1. The van der Waals surface area contributed by atoms with Gasteiger partial charge in [0.25, 0.3) is 0 Å². The van der Waals surface area contributed by atoms with Crippen LogP contribution < -0.4 is 10.1 Å². The molecule has 0 amide bonds. The van der Waals surface area contributed by atoms with Crippen LogP contribution in [0.1, 0.15) is 47.6 Å². The number of ketones is 1. The van der Waals surface area contributed by atoms with Gasteiger partial charge < -0.3 is 19.4 Å². The molecule has 3 aromatic rings. The SMILES string of the molecule is CCCn1c(C)c(-c2ccnc(Nc3ccc4c(c3)COCO4)n2)c(C)c1C(C)=O. The average molecular weight is 406 g/mol. The van der Waals surface area contributed by atoms with Crippen LogP contribution in [0.2, 0.25) is 0 Å². The molecular formula is C23H26N4O3. The van der Waals surface area contributed by atoms with Crippen molar-refractivity contribution in [3.8, 4) is 17.0 Å². The summed E-state index contributed by atoms with van der Waals surface area (Å²) in [6.07, 6.45) is 2.69. The van der Waals surface area contributed by atoms with Crippen molar-refractivity contribution in [3.05, 3.63) is 53.0 Å². The molecule has 1 aliphatic heterocycles. The van der Waals surface area contributed by atoms with Crippen LogP contribution in [-0.2, 0) is 17.9 Å². The monoisotopic (exact) mass is 406 g/mol. The van der Waals surface area contributed by atoms with E-state index in [0.717, 1.165) is 58.2 Å². The molecule has 1 aromatic carbocycles. The van der Waals surface area contributed by atoms with Crippen molar-refractivity contribution in [1.29, 1.82) is 0 Å². The number of rotatable bonds is 6. The summed E-state index contributed by atoms with van der Waals surface area (Å²) in [7, 11) is 0. The third-order valence-corrected chi connectivity index (χ3v) is 5.33. The topological polar surface area (TPSA) is 78.3 Å². The molecule has 0 saturated heterocycles. The lowest BCUT2D eigenvalue weighted by molar-refractivity contribution is -0.0163. The smallest absolute Gasteiger partial charge is 0.227 e. The van der Waals surface area contributed by atoms with E-state index < -0.39 is 0 Å². The standard InChI is InChI=1S/C23H26N4O3/c1-5-10-27-15(3)21(14(2)22(27)16(4)28)19-8-9-24-23(26-19)25-18-6-7-20-17(11-18)12-29-13-30-20/h6-9,11H,5,10,12-13H2,1-4H3,(H,24,25,26). The Hall–Kier alpha value is -3.19. The molecule has 156 valence electrons. The molecule has 0 atom stereocenters. The number of aromatic nitrogens is 3. The molecular weight excluding hydrogens is 380 g/mol. The molecule has 0 saturated carbocycles. The van der Waals surface area contributed by atoms with E-state index in [-0.39, 0.29) is 12.6 Å². The molecule has 0 spiro atoms. The van der Waals surface area contributed by atoms with Gasteiger partial charge in [0.05, 0.1) is 18.0 Å². The van der Waals surface area contributed by atoms with Gasteiger partial charge in [0.1, 0.15) is 5.75 Å². The Morgan fingerprint density at radius 1 is 1.27 bits per heavy atom. The third kappa shape index (κ3) is 3.68. The molecule has 3 heterocycles. The maximum Gasteiger partial charge on any atom is 0.227 e. The summed E-state index contributed by atoms with van der Waals surface area (Å²) in [5.74, 6) is 1.40. The number of carbonyl (C=O) groups is 1. The van der Waals surface area contributed by atoms with Crippen molar-refractivity contribution in [2.24, 2.45) is 0 Å². The van der Waals surface area contributed by atoms with Gasteiger partial charge in [-0.2, -0.15) is 0 Å². The Kier molecular flexibility index (Phi) is 5.55. The zero-order valence-electron chi connectivity index (χ0n) is 17.8. The second-order valence-corrected chi connectivity index (χ2v) is 7.47. The molecule has 4 rings (SSSR count). The van der Waals surface area contributed by atoms with Gasteiger partial charge in [-0.05, 0) is 50.1 Å². The molecule has 0 radical (unpaired) electrons. The average Bonchev–Trinajstić information content (AvgIpc) is 2.98. The number of nitrogens with one attached hydrogen (secondary N) is 1. The van der Waals surface area contributed by atoms with Crippen molar-refractivity contribution in [2.45, 2.75) is 47.3 Å². The van der Waals surface area contributed by atoms with Gasteiger partial charge in [0.15, 0.2) is 12.6 Å². The summed E-state index contributed by atoms with van der Waals surface area (Å²) < 4.78 is 12.9. The molecule has 2 aromatic heterocycles. The number of benzene rings is 1. The number of Topliss-reactive ketones (excluding diaryl/α,β-unsaturated/α-hetero) is 1. The molecule has 0 bridgehead atoms. The van der Waals surface area contributed by atoms with Crippen LogP contribution in [0.4, 0.5) is 11.6 Å². The Morgan fingerprint density at radius 3 is 2.87 bits per heavy atom. The minimum Gasteiger partial charge on any atom is -0.467 e. The highest BCUT2D eigenvalue weighted by Gasteiger charge is 2.22. The highest BCUT2D eigenvalue weighted by molar-refractivity contribution is 5.96. The first-order valence-corrected chi connectivity index (χ1v) is 10.1. The number of ether oxygens (including phenoxy) is 2. The van der Waals surface area contributed by atoms with Crippen LogP contribution >= 0.6 is 0 Å². The van der Waals surface area contributed by atoms with E-state index >= 15 is 0 Å². The molecule has 30 heavy (non-hydrogen) atoms. The summed E-state index contributed by atoms with van der Waals surface area (Å²) in [4.78, 5) is 21.4. The number of nitrogens with zero attached hydrogens (tertiary/aromatic N) is 3. The number of fused-ring (bicyclic) bond motifs is 1. The lowest BCUT2D eigenvalue weighted by Crippen LogP contribution is -2.11. The largest absolute Gasteiger partial charge is 0.467 e. The van der Waals surface area contributed by atoms with Crippen LogP contribution in [0.15, 0.2) is 30.5 Å².